The van der Waals surface area contributed by atoms with Crippen LogP contribution >= 0.6 is 34.2 Å². The van der Waals surface area contributed by atoms with Gasteiger partial charge >= 0.3 is 0 Å². The van der Waals surface area contributed by atoms with Crippen molar-refractivity contribution in [2.24, 2.45) is 0 Å². The minimum atomic E-state index is -0.525. The number of rotatable bonds is 2. The molecule has 1 amide bonds. The molecule has 12 heavy (non-hydrogen) atoms. The van der Waals surface area contributed by atoms with Crippen molar-refractivity contribution >= 4 is 45.8 Å². The van der Waals surface area contributed by atoms with Gasteiger partial charge in [-0.1, -0.05) is 40.8 Å². The van der Waals surface area contributed by atoms with Crippen LogP contribution in [0.25, 0.3) is 0 Å². The Morgan fingerprint density at radius 2 is 2.00 bits per heavy atom. The van der Waals surface area contributed by atoms with Gasteiger partial charge in [-0.3, -0.25) is 4.79 Å². The predicted molar refractivity (Wildman–Crippen MR) is 58.7 cm³/mol. The summed E-state index contributed by atoms with van der Waals surface area (Å²) in [5.74, 6) is -0.191. The highest BCUT2D eigenvalue weighted by Gasteiger charge is 2.09. The summed E-state index contributed by atoms with van der Waals surface area (Å²) < 4.78 is -0.525. The standard InChI is InChI=1S/C8H7ClINO/c9-7(10)8(12)11-6-4-2-1-3-5-6/h1-5,7H,(H,11,12). The van der Waals surface area contributed by atoms with Crippen LogP contribution in [0.5, 0.6) is 0 Å². The zero-order valence-electron chi connectivity index (χ0n) is 6.13. The minimum absolute atomic E-state index is 0.191. The number of carbonyl (C=O) groups is 1. The van der Waals surface area contributed by atoms with Gasteiger partial charge in [0.15, 0.2) is 3.38 Å². The molecule has 0 heterocycles. The van der Waals surface area contributed by atoms with E-state index in [2.05, 4.69) is 5.32 Å². The van der Waals surface area contributed by atoms with Crippen molar-refractivity contribution in [2.45, 2.75) is 3.38 Å². The first-order valence-electron chi connectivity index (χ1n) is 3.34. The van der Waals surface area contributed by atoms with E-state index in [1.54, 1.807) is 0 Å². The molecule has 64 valence electrons. The van der Waals surface area contributed by atoms with Gasteiger partial charge in [0.05, 0.1) is 0 Å². The lowest BCUT2D eigenvalue weighted by molar-refractivity contribution is -0.114. The summed E-state index contributed by atoms with van der Waals surface area (Å²) in [6.07, 6.45) is 0. The number of alkyl halides is 2. The lowest BCUT2D eigenvalue weighted by Crippen LogP contribution is -2.17. The average molecular weight is 296 g/mol. The fraction of sp³-hybridized carbons (Fsp3) is 0.125. The second-order valence-electron chi connectivity index (χ2n) is 2.16. The number of halogens is 2. The van der Waals surface area contributed by atoms with Gasteiger partial charge in [-0.05, 0) is 12.1 Å². The van der Waals surface area contributed by atoms with E-state index in [0.29, 0.717) is 0 Å². The molecular weight excluding hydrogens is 288 g/mol. The fourth-order valence-electron chi connectivity index (χ4n) is 0.718. The molecule has 1 aromatic carbocycles. The van der Waals surface area contributed by atoms with Crippen molar-refractivity contribution in [1.82, 2.24) is 0 Å². The van der Waals surface area contributed by atoms with E-state index in [1.165, 1.54) is 0 Å². The average Bonchev–Trinajstić information content (AvgIpc) is 2.06. The number of anilines is 1. The van der Waals surface area contributed by atoms with Gasteiger partial charge < -0.3 is 5.32 Å². The van der Waals surface area contributed by atoms with Gasteiger partial charge in [0.2, 0.25) is 0 Å². The van der Waals surface area contributed by atoms with Crippen molar-refractivity contribution in [3.63, 3.8) is 0 Å². The molecule has 1 N–H and O–H groups in total. The number of amides is 1. The van der Waals surface area contributed by atoms with Crippen molar-refractivity contribution in [3.05, 3.63) is 30.3 Å². The Labute approximate surface area is 89.4 Å². The quantitative estimate of drug-likeness (QED) is 0.659. The molecule has 0 spiro atoms. The van der Waals surface area contributed by atoms with Crippen LogP contribution in [0.4, 0.5) is 5.69 Å². The normalized spacial score (nSPS) is 12.2. The Morgan fingerprint density at radius 3 is 2.50 bits per heavy atom. The Hall–Kier alpha value is -0.290. The third kappa shape index (κ3) is 2.98. The van der Waals surface area contributed by atoms with Crippen LogP contribution in [-0.2, 0) is 4.79 Å². The SMILES string of the molecule is O=C(Nc1ccccc1)C(Cl)I. The molecule has 2 nitrogen and oxygen atoms in total. The maximum atomic E-state index is 11.1. The highest BCUT2D eigenvalue weighted by molar-refractivity contribution is 14.1. The molecule has 0 fully saturated rings. The number of hydrogen-bond acceptors (Lipinski definition) is 1. The first kappa shape index (κ1) is 9.80. The van der Waals surface area contributed by atoms with Gasteiger partial charge in [0, 0.05) is 5.69 Å². The van der Waals surface area contributed by atoms with E-state index in [0.717, 1.165) is 5.69 Å². The van der Waals surface area contributed by atoms with E-state index >= 15 is 0 Å². The van der Waals surface area contributed by atoms with Crippen molar-refractivity contribution in [3.8, 4) is 0 Å². The van der Waals surface area contributed by atoms with Gasteiger partial charge in [0.1, 0.15) is 0 Å². The summed E-state index contributed by atoms with van der Waals surface area (Å²) >= 11 is 7.40. The molecule has 0 aliphatic heterocycles. The lowest BCUT2D eigenvalue weighted by Gasteiger charge is -2.04. The second-order valence-corrected chi connectivity index (χ2v) is 4.57. The Bertz CT molecular complexity index is 263. The van der Waals surface area contributed by atoms with Crippen LogP contribution in [0.15, 0.2) is 30.3 Å². The summed E-state index contributed by atoms with van der Waals surface area (Å²) in [5, 5.41) is 2.66. The zero-order valence-corrected chi connectivity index (χ0v) is 9.04. The topological polar surface area (TPSA) is 29.1 Å². The molecule has 0 aromatic heterocycles. The zero-order chi connectivity index (χ0) is 8.97. The predicted octanol–water partition coefficient (Wildman–Crippen LogP) is 2.63. The van der Waals surface area contributed by atoms with Gasteiger partial charge in [-0.25, -0.2) is 0 Å². The molecule has 4 heteroatoms. The molecule has 0 bridgehead atoms. The highest BCUT2D eigenvalue weighted by atomic mass is 127. The molecular formula is C8H7ClINO. The van der Waals surface area contributed by atoms with Crippen LogP contribution in [0, 0.1) is 0 Å². The third-order valence-electron chi connectivity index (χ3n) is 1.24. The summed E-state index contributed by atoms with van der Waals surface area (Å²) in [7, 11) is 0. The first-order chi connectivity index (χ1) is 5.70. The number of carbonyl (C=O) groups excluding carboxylic acids is 1. The summed E-state index contributed by atoms with van der Waals surface area (Å²) in [6, 6.07) is 9.22. The number of nitrogens with one attached hydrogen (secondary N) is 1. The number of para-hydroxylation sites is 1. The molecule has 0 aliphatic rings. The Kier molecular flexibility index (Phi) is 3.81. The van der Waals surface area contributed by atoms with Gasteiger partial charge in [-0.2, -0.15) is 0 Å². The second kappa shape index (κ2) is 4.67. The summed E-state index contributed by atoms with van der Waals surface area (Å²) in [5.41, 5.74) is 0.768. The highest BCUT2D eigenvalue weighted by Crippen LogP contribution is 2.11. The minimum Gasteiger partial charge on any atom is -0.324 e. The van der Waals surface area contributed by atoms with E-state index in [9.17, 15) is 4.79 Å². The van der Waals surface area contributed by atoms with E-state index in [1.807, 2.05) is 52.9 Å². The van der Waals surface area contributed by atoms with Crippen molar-refractivity contribution in [1.29, 1.82) is 0 Å². The number of benzene rings is 1. The molecule has 1 rings (SSSR count). The molecule has 1 atom stereocenters. The summed E-state index contributed by atoms with van der Waals surface area (Å²) in [4.78, 5) is 11.1. The lowest BCUT2D eigenvalue weighted by atomic mass is 10.3. The first-order valence-corrected chi connectivity index (χ1v) is 5.02. The van der Waals surface area contributed by atoms with Crippen molar-refractivity contribution < 1.29 is 4.79 Å². The van der Waals surface area contributed by atoms with Crippen LogP contribution in [0.2, 0.25) is 0 Å². The Morgan fingerprint density at radius 1 is 1.42 bits per heavy atom. The van der Waals surface area contributed by atoms with E-state index in [-0.39, 0.29) is 5.91 Å². The Balaban J connectivity index is 2.59. The van der Waals surface area contributed by atoms with Gasteiger partial charge in [-0.15, -0.1) is 11.6 Å². The fourth-order valence-corrected chi connectivity index (χ4v) is 0.929. The number of hydrogen-bond donors (Lipinski definition) is 1. The molecule has 0 saturated carbocycles. The molecule has 1 unspecified atom stereocenters. The third-order valence-corrected chi connectivity index (χ3v) is 2.00. The molecule has 0 aliphatic carbocycles. The maximum Gasteiger partial charge on any atom is 0.252 e. The van der Waals surface area contributed by atoms with Crippen LogP contribution in [0.1, 0.15) is 0 Å². The van der Waals surface area contributed by atoms with Crippen LogP contribution in [0.3, 0.4) is 0 Å². The van der Waals surface area contributed by atoms with E-state index in [4.69, 9.17) is 11.6 Å². The smallest absolute Gasteiger partial charge is 0.252 e. The van der Waals surface area contributed by atoms with Crippen molar-refractivity contribution in [2.75, 3.05) is 5.32 Å². The van der Waals surface area contributed by atoms with E-state index < -0.39 is 3.38 Å². The van der Waals surface area contributed by atoms with Crippen LogP contribution in [-0.4, -0.2) is 9.29 Å². The van der Waals surface area contributed by atoms with Crippen LogP contribution < -0.4 is 5.32 Å². The maximum absolute atomic E-state index is 11.1. The monoisotopic (exact) mass is 295 g/mol. The molecule has 1 aromatic rings. The molecule has 0 saturated heterocycles. The largest absolute Gasteiger partial charge is 0.324 e. The van der Waals surface area contributed by atoms with Gasteiger partial charge in [0.25, 0.3) is 5.91 Å². The summed E-state index contributed by atoms with van der Waals surface area (Å²) in [6.45, 7) is 0. The molecule has 0 radical (unpaired) electrons.